The van der Waals surface area contributed by atoms with E-state index in [2.05, 4.69) is 52.3 Å². The van der Waals surface area contributed by atoms with E-state index in [0.717, 1.165) is 12.8 Å². The SMILES string of the molecule is C[C@H]1CNC(=O)[C@H](CCCN=C(N)N)NC(=O)CNC(=O)[C@H](CC(=O)O)NC(=O)C[C@H](C)C[C@H](C)/C=C/[C@@H](C)C1. The summed E-state index contributed by atoms with van der Waals surface area (Å²) in [5.74, 6) is -2.96. The molecule has 0 aliphatic carbocycles. The summed E-state index contributed by atoms with van der Waals surface area (Å²) in [6.45, 7) is 8.33. The lowest BCUT2D eigenvalue weighted by Crippen LogP contribution is -2.53. The molecule has 13 heteroatoms. The molecule has 0 aromatic carbocycles. The minimum Gasteiger partial charge on any atom is -0.481 e. The van der Waals surface area contributed by atoms with Crippen LogP contribution in [-0.2, 0) is 24.0 Å². The monoisotopic (exact) mass is 565 g/mol. The molecule has 0 fully saturated rings. The van der Waals surface area contributed by atoms with Gasteiger partial charge in [0.15, 0.2) is 5.96 Å². The molecule has 1 rings (SSSR count). The van der Waals surface area contributed by atoms with Gasteiger partial charge in [0.25, 0.3) is 0 Å². The number of carbonyl (C=O) groups excluding carboxylic acids is 4. The van der Waals surface area contributed by atoms with Crippen molar-refractivity contribution in [3.63, 3.8) is 0 Å². The molecule has 0 aromatic rings. The third-order valence-corrected chi connectivity index (χ3v) is 6.53. The number of guanidine groups is 1. The number of hydrogen-bond donors (Lipinski definition) is 7. The number of hydrogen-bond acceptors (Lipinski definition) is 6. The van der Waals surface area contributed by atoms with Crippen LogP contribution in [0.2, 0.25) is 0 Å². The summed E-state index contributed by atoms with van der Waals surface area (Å²) in [6, 6.07) is -2.24. The van der Waals surface area contributed by atoms with Crippen LogP contribution in [-0.4, -0.2) is 72.4 Å². The van der Waals surface area contributed by atoms with Gasteiger partial charge in [-0.1, -0.05) is 39.8 Å². The molecule has 4 amide bonds. The van der Waals surface area contributed by atoms with Crippen LogP contribution < -0.4 is 32.7 Å². The Kier molecular flexibility index (Phi) is 15.3. The first-order chi connectivity index (χ1) is 18.8. The quantitative estimate of drug-likeness (QED) is 0.100. The number of rotatable bonds is 6. The molecule has 13 nitrogen and oxygen atoms in total. The van der Waals surface area contributed by atoms with Gasteiger partial charge in [-0.15, -0.1) is 0 Å². The van der Waals surface area contributed by atoms with Crippen molar-refractivity contribution < 1.29 is 29.1 Å². The molecule has 0 radical (unpaired) electrons. The van der Waals surface area contributed by atoms with Crippen molar-refractivity contribution >= 4 is 35.6 Å². The number of aliphatic carboxylic acids is 1. The van der Waals surface area contributed by atoms with Gasteiger partial charge >= 0.3 is 5.97 Å². The van der Waals surface area contributed by atoms with Crippen LogP contribution in [0.4, 0.5) is 0 Å². The number of nitrogens with zero attached hydrogens (tertiary/aromatic N) is 1. The summed E-state index contributed by atoms with van der Waals surface area (Å²) in [4.78, 5) is 66.1. The van der Waals surface area contributed by atoms with Gasteiger partial charge in [0, 0.05) is 19.5 Å². The van der Waals surface area contributed by atoms with E-state index in [4.69, 9.17) is 11.5 Å². The molecule has 0 saturated carbocycles. The zero-order chi connectivity index (χ0) is 30.2. The van der Waals surface area contributed by atoms with E-state index in [9.17, 15) is 29.1 Å². The van der Waals surface area contributed by atoms with Crippen LogP contribution in [0.15, 0.2) is 17.1 Å². The second-order valence-electron chi connectivity index (χ2n) is 11.0. The maximum Gasteiger partial charge on any atom is 0.305 e. The maximum absolute atomic E-state index is 13.0. The lowest BCUT2D eigenvalue weighted by Gasteiger charge is -2.21. The molecule has 0 spiro atoms. The Morgan fingerprint density at radius 2 is 1.48 bits per heavy atom. The van der Waals surface area contributed by atoms with Crippen molar-refractivity contribution in [2.24, 2.45) is 40.1 Å². The topological polar surface area (TPSA) is 218 Å². The number of nitrogens with two attached hydrogens (primary N) is 2. The van der Waals surface area contributed by atoms with Crippen LogP contribution in [0.3, 0.4) is 0 Å². The fourth-order valence-electron chi connectivity index (χ4n) is 4.63. The standard InChI is InChI=1S/C27H47N7O6/c1-16-7-8-17(2)11-19(4)14-31-25(39)20(6-5-9-30-27(28)29)33-23(36)15-32-26(40)21(13-24(37)38)34-22(35)12-18(3)10-16/h7-8,16-21H,5-6,9-15H2,1-4H3,(H,31,39)(H,32,40)(H,33,36)(H,34,35)(H,37,38)(H4,28,29,30)/b8-7+/t16-,17-,18-,19-,20+,21+/m1/s1. The van der Waals surface area contributed by atoms with Gasteiger partial charge in [0.1, 0.15) is 12.1 Å². The summed E-state index contributed by atoms with van der Waals surface area (Å²) in [7, 11) is 0. The third-order valence-electron chi connectivity index (χ3n) is 6.53. The third kappa shape index (κ3) is 15.1. The Balaban J connectivity index is 3.08. The zero-order valence-corrected chi connectivity index (χ0v) is 24.1. The minimum absolute atomic E-state index is 0.00133. The van der Waals surface area contributed by atoms with Crippen molar-refractivity contribution in [2.45, 2.75) is 78.3 Å². The molecule has 0 bridgehead atoms. The molecule has 0 aromatic heterocycles. The average Bonchev–Trinajstić information content (AvgIpc) is 2.84. The van der Waals surface area contributed by atoms with E-state index in [-0.39, 0.29) is 54.9 Å². The van der Waals surface area contributed by atoms with Gasteiger partial charge in [-0.05, 0) is 49.4 Å². The highest BCUT2D eigenvalue weighted by Gasteiger charge is 2.26. The number of nitrogens with one attached hydrogen (secondary N) is 4. The first-order valence-electron chi connectivity index (χ1n) is 13.9. The zero-order valence-electron chi connectivity index (χ0n) is 24.1. The van der Waals surface area contributed by atoms with Crippen molar-refractivity contribution in [2.75, 3.05) is 19.6 Å². The Morgan fingerprint density at radius 3 is 2.08 bits per heavy atom. The predicted molar refractivity (Wildman–Crippen MR) is 152 cm³/mol. The van der Waals surface area contributed by atoms with Gasteiger partial charge in [0.2, 0.25) is 23.6 Å². The van der Waals surface area contributed by atoms with Gasteiger partial charge < -0.3 is 37.8 Å². The molecule has 9 N–H and O–H groups in total. The molecule has 226 valence electrons. The average molecular weight is 566 g/mol. The smallest absolute Gasteiger partial charge is 0.305 e. The molecule has 6 atom stereocenters. The lowest BCUT2D eigenvalue weighted by molar-refractivity contribution is -0.140. The molecule has 1 aliphatic heterocycles. The number of aliphatic imine (C=N–C) groups is 1. The summed E-state index contributed by atoms with van der Waals surface area (Å²) in [5, 5.41) is 19.6. The largest absolute Gasteiger partial charge is 0.481 e. The number of carboxylic acid groups (broad SMARTS) is 1. The van der Waals surface area contributed by atoms with Crippen molar-refractivity contribution in [3.8, 4) is 0 Å². The highest BCUT2D eigenvalue weighted by molar-refractivity contribution is 5.94. The fraction of sp³-hybridized carbons (Fsp3) is 0.704. The summed E-state index contributed by atoms with van der Waals surface area (Å²) >= 11 is 0. The van der Waals surface area contributed by atoms with Crippen LogP contribution in [0.25, 0.3) is 0 Å². The molecule has 0 unspecified atom stereocenters. The molecular formula is C27H47N7O6. The highest BCUT2D eigenvalue weighted by atomic mass is 16.4. The molecular weight excluding hydrogens is 518 g/mol. The Hall–Kier alpha value is -3.64. The second kappa shape index (κ2) is 17.9. The minimum atomic E-state index is -1.35. The van der Waals surface area contributed by atoms with E-state index in [1.807, 2.05) is 13.8 Å². The number of carbonyl (C=O) groups is 5. The van der Waals surface area contributed by atoms with Gasteiger partial charge in [-0.2, -0.15) is 0 Å². The Bertz CT molecular complexity index is 934. The summed E-state index contributed by atoms with van der Waals surface area (Å²) in [6.07, 6.45) is 6.01. The molecule has 1 heterocycles. The molecule has 40 heavy (non-hydrogen) atoms. The van der Waals surface area contributed by atoms with Crippen molar-refractivity contribution in [3.05, 3.63) is 12.2 Å². The highest BCUT2D eigenvalue weighted by Crippen LogP contribution is 2.19. The van der Waals surface area contributed by atoms with Crippen LogP contribution in [0.1, 0.15) is 66.2 Å². The normalized spacial score (nSPS) is 29.0. The van der Waals surface area contributed by atoms with Crippen LogP contribution >= 0.6 is 0 Å². The summed E-state index contributed by atoms with van der Waals surface area (Å²) in [5.41, 5.74) is 10.7. The van der Waals surface area contributed by atoms with Gasteiger partial charge in [-0.25, -0.2) is 0 Å². The van der Waals surface area contributed by atoms with E-state index in [1.54, 1.807) is 0 Å². The Labute approximate surface area is 236 Å². The van der Waals surface area contributed by atoms with E-state index in [0.29, 0.717) is 13.0 Å². The first kappa shape index (κ1) is 34.4. The maximum atomic E-state index is 13.0. The molecule has 0 saturated heterocycles. The van der Waals surface area contributed by atoms with E-state index in [1.165, 1.54) is 0 Å². The lowest BCUT2D eigenvalue weighted by atomic mass is 9.91. The fourth-order valence-corrected chi connectivity index (χ4v) is 4.63. The van der Waals surface area contributed by atoms with E-state index < -0.39 is 48.7 Å². The Morgan fingerprint density at radius 1 is 0.900 bits per heavy atom. The van der Waals surface area contributed by atoms with E-state index >= 15 is 0 Å². The van der Waals surface area contributed by atoms with Crippen molar-refractivity contribution in [1.82, 2.24) is 21.3 Å². The van der Waals surface area contributed by atoms with Crippen LogP contribution in [0.5, 0.6) is 0 Å². The van der Waals surface area contributed by atoms with Crippen LogP contribution in [0, 0.1) is 23.7 Å². The number of carboxylic acids is 1. The first-order valence-corrected chi connectivity index (χ1v) is 13.9. The second-order valence-corrected chi connectivity index (χ2v) is 11.0. The summed E-state index contributed by atoms with van der Waals surface area (Å²) < 4.78 is 0. The molecule has 1 aliphatic rings. The van der Waals surface area contributed by atoms with Gasteiger partial charge in [-0.3, -0.25) is 29.0 Å². The number of allylic oxidation sites excluding steroid dienone is 2. The van der Waals surface area contributed by atoms with Gasteiger partial charge in [0.05, 0.1) is 13.0 Å². The predicted octanol–water partition coefficient (Wildman–Crippen LogP) is 0.00120. The van der Waals surface area contributed by atoms with Crippen molar-refractivity contribution in [1.29, 1.82) is 0 Å². The number of amides is 4.